The summed E-state index contributed by atoms with van der Waals surface area (Å²) in [7, 11) is 0. The molecule has 2 heterocycles. The van der Waals surface area contributed by atoms with Gasteiger partial charge < -0.3 is 9.84 Å². The van der Waals surface area contributed by atoms with Crippen LogP contribution in [0.2, 0.25) is 0 Å². The van der Waals surface area contributed by atoms with Crippen molar-refractivity contribution < 1.29 is 14.6 Å². The molecule has 3 N–H and O–H groups in total. The number of hydrogen-bond acceptors (Lipinski definition) is 5. The van der Waals surface area contributed by atoms with Gasteiger partial charge in [-0.3, -0.25) is 5.10 Å². The molecule has 31 heavy (non-hydrogen) atoms. The van der Waals surface area contributed by atoms with Gasteiger partial charge >= 0.3 is 5.97 Å². The number of aromatic nitrogens is 5. The largest absolute Gasteiger partial charge is 0.476 e. The summed E-state index contributed by atoms with van der Waals surface area (Å²) in [5, 5.41) is 26.5. The molecule has 0 bridgehead atoms. The second-order valence-electron chi connectivity index (χ2n) is 8.23. The maximum Gasteiger partial charge on any atom is 0.359 e. The van der Waals surface area contributed by atoms with E-state index >= 15 is 0 Å². The Morgan fingerprint density at radius 1 is 1.13 bits per heavy atom. The number of aromatic amines is 2. The molecule has 1 fully saturated rings. The number of nitrogens with zero attached hydrogens (tertiary/aromatic N) is 3. The smallest absolute Gasteiger partial charge is 0.359 e. The summed E-state index contributed by atoms with van der Waals surface area (Å²) in [4.78, 5) is 11.2. The quantitative estimate of drug-likeness (QED) is 0.474. The first-order valence-corrected chi connectivity index (χ1v) is 11.1. The molecule has 164 valence electrons. The second-order valence-corrected chi connectivity index (χ2v) is 8.23. The zero-order valence-electron chi connectivity index (χ0n) is 18.0. The third-order valence-corrected chi connectivity index (χ3v) is 6.38. The van der Waals surface area contributed by atoms with Crippen LogP contribution in [0.25, 0.3) is 11.3 Å². The summed E-state index contributed by atoms with van der Waals surface area (Å²) in [6.07, 6.45) is 5.86. The van der Waals surface area contributed by atoms with E-state index in [-0.39, 0.29) is 17.7 Å². The lowest BCUT2D eigenvalue weighted by atomic mass is 9.82. The number of ether oxygens (including phenoxy) is 1. The van der Waals surface area contributed by atoms with Gasteiger partial charge in [-0.15, -0.1) is 0 Å². The number of rotatable bonds is 8. The van der Waals surface area contributed by atoms with Crippen molar-refractivity contribution in [3.63, 3.8) is 0 Å². The Hall–Kier alpha value is -3.16. The summed E-state index contributed by atoms with van der Waals surface area (Å²) in [6, 6.07) is 10.9. The number of carbonyl (C=O) groups is 1. The van der Waals surface area contributed by atoms with Gasteiger partial charge in [-0.05, 0) is 61.6 Å². The minimum Gasteiger partial charge on any atom is -0.476 e. The predicted molar refractivity (Wildman–Crippen MR) is 116 cm³/mol. The van der Waals surface area contributed by atoms with Gasteiger partial charge in [0, 0.05) is 5.92 Å². The molecule has 8 heteroatoms. The molecule has 0 atom stereocenters. The van der Waals surface area contributed by atoms with Gasteiger partial charge in [0.1, 0.15) is 6.10 Å². The lowest BCUT2D eigenvalue weighted by Gasteiger charge is -2.28. The number of hydrogen-bond donors (Lipinski definition) is 3. The lowest BCUT2D eigenvalue weighted by Crippen LogP contribution is -2.24. The molecule has 2 aromatic heterocycles. The van der Waals surface area contributed by atoms with Crippen molar-refractivity contribution in [1.29, 1.82) is 0 Å². The standard InChI is InChI=1S/C23H29N5O3/c1-3-14(4-2)19-13-20(25-24-19)17-7-5-15(6-8-17)16-9-11-18(12-10-16)31-22-21(23(29)30)26-28-27-22/h5-8,13-14,16,18H,3-4,9-12H2,1-2H3,(H,24,25)(H,29,30)(H,26,27,28)/t16-,18-. The first-order valence-electron chi connectivity index (χ1n) is 11.1. The van der Waals surface area contributed by atoms with E-state index in [1.54, 1.807) is 0 Å². The van der Waals surface area contributed by atoms with Crippen LogP contribution < -0.4 is 4.74 Å². The highest BCUT2D eigenvalue weighted by Gasteiger charge is 2.26. The Bertz CT molecular complexity index is 998. The van der Waals surface area contributed by atoms with E-state index in [0.717, 1.165) is 55.5 Å². The van der Waals surface area contributed by atoms with Crippen LogP contribution in [0.1, 0.15) is 86.0 Å². The highest BCUT2D eigenvalue weighted by Crippen LogP contribution is 2.35. The average Bonchev–Trinajstić information content (AvgIpc) is 3.46. The van der Waals surface area contributed by atoms with E-state index in [2.05, 4.69) is 69.8 Å². The van der Waals surface area contributed by atoms with Gasteiger partial charge in [-0.25, -0.2) is 9.89 Å². The van der Waals surface area contributed by atoms with E-state index in [9.17, 15) is 4.79 Å². The first-order chi connectivity index (χ1) is 15.1. The van der Waals surface area contributed by atoms with Crippen LogP contribution in [0.5, 0.6) is 5.88 Å². The normalized spacial score (nSPS) is 18.9. The predicted octanol–water partition coefficient (Wildman–Crippen LogP) is 4.90. The Morgan fingerprint density at radius 3 is 2.48 bits per heavy atom. The Morgan fingerprint density at radius 2 is 1.84 bits per heavy atom. The van der Waals surface area contributed by atoms with Gasteiger partial charge in [0.15, 0.2) is 0 Å². The molecule has 1 aliphatic carbocycles. The molecule has 1 saturated carbocycles. The minimum atomic E-state index is -1.11. The Balaban J connectivity index is 1.35. The monoisotopic (exact) mass is 423 g/mol. The molecule has 0 aliphatic heterocycles. The van der Waals surface area contributed by atoms with Crippen LogP contribution in [0.4, 0.5) is 0 Å². The van der Waals surface area contributed by atoms with Crippen LogP contribution in [0.15, 0.2) is 30.3 Å². The van der Waals surface area contributed by atoms with E-state index in [4.69, 9.17) is 9.84 Å². The maximum atomic E-state index is 11.2. The molecule has 0 spiro atoms. The number of H-pyrrole nitrogens is 2. The molecular weight excluding hydrogens is 394 g/mol. The fraction of sp³-hybridized carbons (Fsp3) is 0.478. The van der Waals surface area contributed by atoms with Crippen molar-refractivity contribution >= 4 is 5.97 Å². The number of benzene rings is 1. The number of carboxylic acid groups (broad SMARTS) is 1. The van der Waals surface area contributed by atoms with Crippen LogP contribution in [0, 0.1) is 0 Å². The molecule has 1 aliphatic rings. The summed E-state index contributed by atoms with van der Waals surface area (Å²) < 4.78 is 5.79. The van der Waals surface area contributed by atoms with Crippen molar-refractivity contribution in [2.24, 2.45) is 0 Å². The van der Waals surface area contributed by atoms with Gasteiger partial charge in [-0.2, -0.15) is 5.10 Å². The lowest BCUT2D eigenvalue weighted by molar-refractivity contribution is 0.0678. The molecule has 0 radical (unpaired) electrons. The van der Waals surface area contributed by atoms with Crippen LogP contribution in [0.3, 0.4) is 0 Å². The maximum absolute atomic E-state index is 11.2. The van der Waals surface area contributed by atoms with Crippen molar-refractivity contribution in [1.82, 2.24) is 25.6 Å². The summed E-state index contributed by atoms with van der Waals surface area (Å²) in [5.74, 6) is -0.0526. The van der Waals surface area contributed by atoms with Crippen molar-refractivity contribution in [3.8, 4) is 17.1 Å². The van der Waals surface area contributed by atoms with Crippen LogP contribution in [-0.4, -0.2) is 42.8 Å². The second kappa shape index (κ2) is 9.32. The van der Waals surface area contributed by atoms with Gasteiger partial charge in [0.2, 0.25) is 5.69 Å². The van der Waals surface area contributed by atoms with Gasteiger partial charge in [0.25, 0.3) is 5.88 Å². The zero-order valence-corrected chi connectivity index (χ0v) is 18.0. The highest BCUT2D eigenvalue weighted by molar-refractivity contribution is 5.87. The molecule has 0 unspecified atom stereocenters. The zero-order chi connectivity index (χ0) is 21.8. The van der Waals surface area contributed by atoms with Crippen LogP contribution >= 0.6 is 0 Å². The molecule has 3 aromatic rings. The number of carboxylic acids is 1. The SMILES string of the molecule is CCC(CC)c1cc(-c2ccc([C@H]3CC[C@H](Oc4nn[nH]c4C(=O)O)CC3)cc2)[nH]n1. The van der Waals surface area contributed by atoms with Crippen molar-refractivity contribution in [2.45, 2.75) is 70.3 Å². The Kier molecular flexibility index (Phi) is 6.34. The molecule has 1 aromatic carbocycles. The van der Waals surface area contributed by atoms with E-state index in [0.29, 0.717) is 11.8 Å². The number of nitrogens with one attached hydrogen (secondary N) is 2. The van der Waals surface area contributed by atoms with Gasteiger partial charge in [0.05, 0.1) is 11.4 Å². The van der Waals surface area contributed by atoms with Crippen molar-refractivity contribution in [2.75, 3.05) is 0 Å². The molecule has 0 saturated heterocycles. The summed E-state index contributed by atoms with van der Waals surface area (Å²) in [6.45, 7) is 4.40. The fourth-order valence-corrected chi connectivity index (χ4v) is 4.45. The Labute approximate surface area is 181 Å². The van der Waals surface area contributed by atoms with Gasteiger partial charge in [-0.1, -0.05) is 48.4 Å². The number of aromatic carboxylic acids is 1. The third-order valence-electron chi connectivity index (χ3n) is 6.38. The molecule has 8 nitrogen and oxygen atoms in total. The topological polar surface area (TPSA) is 117 Å². The highest BCUT2D eigenvalue weighted by atomic mass is 16.5. The van der Waals surface area contributed by atoms with E-state index in [1.165, 1.54) is 5.56 Å². The summed E-state index contributed by atoms with van der Waals surface area (Å²) >= 11 is 0. The summed E-state index contributed by atoms with van der Waals surface area (Å²) in [5.41, 5.74) is 4.59. The average molecular weight is 424 g/mol. The minimum absolute atomic E-state index is 0.0350. The third kappa shape index (κ3) is 4.62. The van der Waals surface area contributed by atoms with Crippen LogP contribution in [-0.2, 0) is 0 Å². The van der Waals surface area contributed by atoms with E-state index in [1.807, 2.05) is 0 Å². The molecule has 0 amide bonds. The molecule has 4 rings (SSSR count). The first kappa shape index (κ1) is 21.1. The molecular formula is C23H29N5O3. The van der Waals surface area contributed by atoms with Crippen molar-refractivity contribution in [3.05, 3.63) is 47.3 Å². The van der Waals surface area contributed by atoms with E-state index < -0.39 is 5.97 Å². The fourth-order valence-electron chi connectivity index (χ4n) is 4.45.